The predicted octanol–water partition coefficient (Wildman–Crippen LogP) is -1.95. The van der Waals surface area contributed by atoms with Crippen LogP contribution in [0, 0.1) is 0 Å². The van der Waals surface area contributed by atoms with Gasteiger partial charge < -0.3 is 25.5 Å². The summed E-state index contributed by atoms with van der Waals surface area (Å²) in [5, 5.41) is 48.5. The number of fused-ring (bicyclic) bond motifs is 1. The number of aliphatic hydroxyl groups is 5. The maximum absolute atomic E-state index is 10.1. The van der Waals surface area contributed by atoms with Crippen molar-refractivity contribution in [2.24, 2.45) is 0 Å². The summed E-state index contributed by atoms with van der Waals surface area (Å²) >= 11 is 0. The second-order valence-corrected chi connectivity index (χ2v) is 5.54. The molecule has 0 aromatic rings. The van der Waals surface area contributed by atoms with E-state index in [-0.39, 0.29) is 25.1 Å². The van der Waals surface area contributed by atoms with Gasteiger partial charge in [0.15, 0.2) is 0 Å². The SMILES string of the molecule is C[C@H](O)C[C@@H](O)[C@@H]1CC[C@@H]2[C@H](O)[C@H](O)[C@@H](CO)N21. The molecule has 0 aromatic heterocycles. The minimum atomic E-state index is -0.971. The van der Waals surface area contributed by atoms with Crippen molar-refractivity contribution in [1.29, 1.82) is 0 Å². The van der Waals surface area contributed by atoms with Crippen molar-refractivity contribution >= 4 is 0 Å². The zero-order chi connectivity index (χ0) is 13.4. The molecule has 18 heavy (non-hydrogen) atoms. The van der Waals surface area contributed by atoms with Crippen LogP contribution >= 0.6 is 0 Å². The molecule has 0 bridgehead atoms. The molecule has 7 atom stereocenters. The van der Waals surface area contributed by atoms with E-state index in [2.05, 4.69) is 0 Å². The van der Waals surface area contributed by atoms with E-state index in [9.17, 15) is 25.5 Å². The summed E-state index contributed by atoms with van der Waals surface area (Å²) in [4.78, 5) is 1.84. The fraction of sp³-hybridized carbons (Fsp3) is 1.00. The van der Waals surface area contributed by atoms with E-state index in [4.69, 9.17) is 0 Å². The van der Waals surface area contributed by atoms with E-state index >= 15 is 0 Å². The Morgan fingerprint density at radius 1 is 1.17 bits per heavy atom. The molecule has 6 nitrogen and oxygen atoms in total. The van der Waals surface area contributed by atoms with E-state index < -0.39 is 30.5 Å². The Morgan fingerprint density at radius 2 is 1.83 bits per heavy atom. The highest BCUT2D eigenvalue weighted by atomic mass is 16.3. The van der Waals surface area contributed by atoms with E-state index in [0.29, 0.717) is 12.8 Å². The number of rotatable bonds is 4. The molecule has 0 radical (unpaired) electrons. The first-order valence-electron chi connectivity index (χ1n) is 6.58. The van der Waals surface area contributed by atoms with E-state index in [1.807, 2.05) is 4.90 Å². The molecular formula is C12H23NO5. The smallest absolute Gasteiger partial charge is 0.0991 e. The quantitative estimate of drug-likeness (QED) is 0.403. The van der Waals surface area contributed by atoms with Gasteiger partial charge in [-0.25, -0.2) is 0 Å². The van der Waals surface area contributed by atoms with Gasteiger partial charge in [-0.3, -0.25) is 4.90 Å². The molecule has 2 aliphatic heterocycles. The third-order valence-corrected chi connectivity index (χ3v) is 4.26. The fourth-order valence-corrected chi connectivity index (χ4v) is 3.46. The first kappa shape index (κ1) is 14.2. The standard InChI is InChI=1S/C12H23NO5/c1-6(15)4-10(16)7-2-3-8-11(17)12(18)9(5-14)13(7)8/h6-12,14-18H,2-5H2,1H3/t6-,7-,8+,9+,10+,11-,12+/m0/s1. The van der Waals surface area contributed by atoms with Crippen LogP contribution in [0.3, 0.4) is 0 Å². The number of hydrogen-bond acceptors (Lipinski definition) is 6. The summed E-state index contributed by atoms with van der Waals surface area (Å²) in [5.74, 6) is 0. The lowest BCUT2D eigenvalue weighted by Crippen LogP contribution is -2.48. The Labute approximate surface area is 106 Å². The summed E-state index contributed by atoms with van der Waals surface area (Å²) in [6, 6.07) is -0.944. The van der Waals surface area contributed by atoms with Gasteiger partial charge in [-0.1, -0.05) is 0 Å². The molecule has 6 heteroatoms. The lowest BCUT2D eigenvalue weighted by molar-refractivity contribution is -0.0118. The first-order valence-corrected chi connectivity index (χ1v) is 6.58. The molecule has 0 unspecified atom stereocenters. The van der Waals surface area contributed by atoms with E-state index in [1.165, 1.54) is 0 Å². The Morgan fingerprint density at radius 3 is 2.39 bits per heavy atom. The van der Waals surface area contributed by atoms with Gasteiger partial charge in [0.1, 0.15) is 0 Å². The Bertz CT molecular complexity index is 286. The highest BCUT2D eigenvalue weighted by molar-refractivity contribution is 5.08. The van der Waals surface area contributed by atoms with Gasteiger partial charge in [0, 0.05) is 18.5 Å². The Hall–Kier alpha value is -0.240. The lowest BCUT2D eigenvalue weighted by atomic mass is 9.99. The van der Waals surface area contributed by atoms with Gasteiger partial charge in [-0.15, -0.1) is 0 Å². The molecule has 2 heterocycles. The lowest BCUT2D eigenvalue weighted by Gasteiger charge is -2.33. The van der Waals surface area contributed by atoms with Crippen LogP contribution < -0.4 is 0 Å². The average Bonchev–Trinajstić information content (AvgIpc) is 2.80. The topological polar surface area (TPSA) is 104 Å². The molecule has 0 aromatic carbocycles. The second kappa shape index (κ2) is 5.40. The van der Waals surface area contributed by atoms with Crippen LogP contribution in [0.1, 0.15) is 26.2 Å². The normalized spacial score (nSPS) is 44.0. The van der Waals surface area contributed by atoms with Crippen molar-refractivity contribution in [2.75, 3.05) is 6.61 Å². The van der Waals surface area contributed by atoms with Gasteiger partial charge in [0.2, 0.25) is 0 Å². The number of aliphatic hydroxyl groups excluding tert-OH is 5. The van der Waals surface area contributed by atoms with Crippen molar-refractivity contribution in [3.8, 4) is 0 Å². The van der Waals surface area contributed by atoms with Crippen molar-refractivity contribution in [3.05, 3.63) is 0 Å². The first-order chi connectivity index (χ1) is 8.47. The van der Waals surface area contributed by atoms with Gasteiger partial charge in [-0.2, -0.15) is 0 Å². The number of nitrogens with zero attached hydrogens (tertiary/aromatic N) is 1. The second-order valence-electron chi connectivity index (χ2n) is 5.54. The minimum Gasteiger partial charge on any atom is -0.395 e. The molecule has 2 saturated heterocycles. The molecule has 2 fully saturated rings. The van der Waals surface area contributed by atoms with Crippen LogP contribution in [0.15, 0.2) is 0 Å². The van der Waals surface area contributed by atoms with Crippen LogP contribution in [-0.2, 0) is 0 Å². The van der Waals surface area contributed by atoms with Crippen LogP contribution in [0.4, 0.5) is 0 Å². The Balaban J connectivity index is 2.11. The molecule has 0 aliphatic carbocycles. The van der Waals surface area contributed by atoms with E-state index in [0.717, 1.165) is 0 Å². The summed E-state index contributed by atoms with van der Waals surface area (Å²) < 4.78 is 0. The van der Waals surface area contributed by atoms with Crippen LogP contribution in [-0.4, -0.2) is 79.6 Å². The third-order valence-electron chi connectivity index (χ3n) is 4.26. The molecule has 0 spiro atoms. The van der Waals surface area contributed by atoms with Crippen molar-refractivity contribution in [1.82, 2.24) is 4.90 Å². The summed E-state index contributed by atoms with van der Waals surface area (Å²) in [5.41, 5.74) is 0. The fourth-order valence-electron chi connectivity index (χ4n) is 3.46. The van der Waals surface area contributed by atoms with Crippen molar-refractivity contribution < 1.29 is 25.5 Å². The summed E-state index contributed by atoms with van der Waals surface area (Å²) in [6.45, 7) is 1.37. The molecular weight excluding hydrogens is 238 g/mol. The zero-order valence-electron chi connectivity index (χ0n) is 10.6. The number of hydrogen-bond donors (Lipinski definition) is 5. The molecule has 5 N–H and O–H groups in total. The van der Waals surface area contributed by atoms with Gasteiger partial charge in [0.25, 0.3) is 0 Å². The zero-order valence-corrected chi connectivity index (χ0v) is 10.6. The molecule has 2 rings (SSSR count). The predicted molar refractivity (Wildman–Crippen MR) is 63.8 cm³/mol. The van der Waals surface area contributed by atoms with Crippen molar-refractivity contribution in [3.63, 3.8) is 0 Å². The highest BCUT2D eigenvalue weighted by Crippen LogP contribution is 2.38. The summed E-state index contributed by atoms with van der Waals surface area (Å²) in [6.07, 6.45) is -1.48. The van der Waals surface area contributed by atoms with Gasteiger partial charge >= 0.3 is 0 Å². The average molecular weight is 261 g/mol. The molecule has 106 valence electrons. The van der Waals surface area contributed by atoms with Crippen LogP contribution in [0.5, 0.6) is 0 Å². The Kier molecular flexibility index (Phi) is 4.25. The maximum Gasteiger partial charge on any atom is 0.0991 e. The highest BCUT2D eigenvalue weighted by Gasteiger charge is 2.54. The minimum absolute atomic E-state index is 0.203. The van der Waals surface area contributed by atoms with Crippen LogP contribution in [0.2, 0.25) is 0 Å². The monoisotopic (exact) mass is 261 g/mol. The van der Waals surface area contributed by atoms with Gasteiger partial charge in [0.05, 0.1) is 37.1 Å². The third kappa shape index (κ3) is 2.29. The largest absolute Gasteiger partial charge is 0.395 e. The maximum atomic E-state index is 10.1. The molecule has 2 aliphatic rings. The summed E-state index contributed by atoms with van der Waals surface area (Å²) in [7, 11) is 0. The molecule has 0 amide bonds. The molecule has 0 saturated carbocycles. The van der Waals surface area contributed by atoms with E-state index in [1.54, 1.807) is 6.92 Å². The van der Waals surface area contributed by atoms with Gasteiger partial charge in [-0.05, 0) is 19.8 Å². The van der Waals surface area contributed by atoms with Crippen LogP contribution in [0.25, 0.3) is 0 Å². The van der Waals surface area contributed by atoms with Crippen molar-refractivity contribution in [2.45, 2.75) is 68.7 Å².